The van der Waals surface area contributed by atoms with Crippen LogP contribution in [0.5, 0.6) is 5.75 Å². The molecule has 0 aliphatic heterocycles. The zero-order valence-corrected chi connectivity index (χ0v) is 12.7. The molecule has 1 aromatic rings. The lowest BCUT2D eigenvalue weighted by Gasteiger charge is -2.22. The molecule has 2 rings (SSSR count). The molecule has 0 unspecified atom stereocenters. The predicted octanol–water partition coefficient (Wildman–Crippen LogP) is 3.25. The van der Waals surface area contributed by atoms with Gasteiger partial charge in [0.25, 0.3) is 5.91 Å². The fourth-order valence-corrected chi connectivity index (χ4v) is 2.56. The first-order valence-electron chi connectivity index (χ1n) is 7.69. The van der Waals surface area contributed by atoms with Gasteiger partial charge in [0.1, 0.15) is 5.75 Å². The van der Waals surface area contributed by atoms with Crippen molar-refractivity contribution in [3.63, 3.8) is 0 Å². The Balaban J connectivity index is 2.04. The summed E-state index contributed by atoms with van der Waals surface area (Å²) in [5, 5.41) is 2.97. The third-order valence-corrected chi connectivity index (χ3v) is 4.03. The van der Waals surface area contributed by atoms with Crippen molar-refractivity contribution in [3.05, 3.63) is 29.3 Å². The molecule has 3 nitrogen and oxygen atoms in total. The van der Waals surface area contributed by atoms with Crippen LogP contribution in [0.15, 0.2) is 18.2 Å². The van der Waals surface area contributed by atoms with E-state index in [9.17, 15) is 4.79 Å². The molecule has 1 aliphatic rings. The molecule has 1 N–H and O–H groups in total. The quantitative estimate of drug-likeness (QED) is 0.896. The summed E-state index contributed by atoms with van der Waals surface area (Å²) in [5.74, 6) is 0.849. The zero-order valence-electron chi connectivity index (χ0n) is 12.7. The van der Waals surface area contributed by atoms with Crippen LogP contribution in [0.1, 0.15) is 51.2 Å². The number of amides is 1. The molecule has 0 spiro atoms. The molecular formula is C17H25NO2. The van der Waals surface area contributed by atoms with E-state index in [-0.39, 0.29) is 11.9 Å². The minimum absolute atomic E-state index is 0.0345. The van der Waals surface area contributed by atoms with Crippen molar-refractivity contribution in [1.82, 2.24) is 5.32 Å². The highest BCUT2D eigenvalue weighted by atomic mass is 16.5. The van der Waals surface area contributed by atoms with Crippen LogP contribution in [0.3, 0.4) is 0 Å². The maximum absolute atomic E-state index is 12.0. The summed E-state index contributed by atoms with van der Waals surface area (Å²) in [6.45, 7) is 5.89. The number of nitrogens with one attached hydrogen (secondary N) is 1. The number of hydrogen-bond donors (Lipinski definition) is 1. The van der Waals surface area contributed by atoms with Gasteiger partial charge in [0.2, 0.25) is 0 Å². The molecular weight excluding hydrogens is 250 g/mol. The topological polar surface area (TPSA) is 38.3 Å². The number of fused-ring (bicyclic) bond motifs is 1. The van der Waals surface area contributed by atoms with Crippen LogP contribution < -0.4 is 10.1 Å². The first kappa shape index (κ1) is 14.9. The molecule has 1 amide bonds. The van der Waals surface area contributed by atoms with Crippen LogP contribution in [0.2, 0.25) is 0 Å². The molecule has 0 saturated carbocycles. The summed E-state index contributed by atoms with van der Waals surface area (Å²) < 4.78 is 5.91. The summed E-state index contributed by atoms with van der Waals surface area (Å²) in [5.41, 5.74) is 2.67. The van der Waals surface area contributed by atoms with Gasteiger partial charge in [-0.2, -0.15) is 0 Å². The first-order valence-corrected chi connectivity index (χ1v) is 7.69. The second-order valence-corrected chi connectivity index (χ2v) is 5.68. The average molecular weight is 275 g/mol. The molecule has 1 aromatic carbocycles. The Bertz CT molecular complexity index is 470. The van der Waals surface area contributed by atoms with Gasteiger partial charge in [-0.3, -0.25) is 4.79 Å². The van der Waals surface area contributed by atoms with Crippen molar-refractivity contribution in [2.75, 3.05) is 0 Å². The van der Waals surface area contributed by atoms with Crippen LogP contribution in [0, 0.1) is 0 Å². The molecule has 0 saturated heterocycles. The Labute approximate surface area is 121 Å². The smallest absolute Gasteiger partial charge is 0.260 e. The normalized spacial score (nSPS) is 16.9. The van der Waals surface area contributed by atoms with Gasteiger partial charge in [0, 0.05) is 6.04 Å². The van der Waals surface area contributed by atoms with E-state index in [1.54, 1.807) is 0 Å². The van der Waals surface area contributed by atoms with E-state index in [1.807, 2.05) is 26.0 Å². The van der Waals surface area contributed by atoms with Crippen LogP contribution in [0.4, 0.5) is 0 Å². The van der Waals surface area contributed by atoms with E-state index in [4.69, 9.17) is 4.74 Å². The van der Waals surface area contributed by atoms with Gasteiger partial charge in [-0.05, 0) is 63.1 Å². The van der Waals surface area contributed by atoms with Gasteiger partial charge >= 0.3 is 0 Å². The maximum Gasteiger partial charge on any atom is 0.260 e. The summed E-state index contributed by atoms with van der Waals surface area (Å²) in [7, 11) is 0. The first-order chi connectivity index (χ1) is 9.61. The number of ether oxygens (including phenoxy) is 1. The molecule has 0 radical (unpaired) electrons. The van der Waals surface area contributed by atoms with Crippen molar-refractivity contribution in [1.29, 1.82) is 0 Å². The maximum atomic E-state index is 12.0. The van der Waals surface area contributed by atoms with Gasteiger partial charge in [0.05, 0.1) is 0 Å². The Hall–Kier alpha value is -1.51. The number of benzene rings is 1. The fourth-order valence-electron chi connectivity index (χ4n) is 2.56. The number of aryl methyl sites for hydroxylation is 1. The third-order valence-electron chi connectivity index (χ3n) is 4.03. The highest BCUT2D eigenvalue weighted by Crippen LogP contribution is 2.30. The van der Waals surface area contributed by atoms with E-state index < -0.39 is 6.10 Å². The van der Waals surface area contributed by atoms with Gasteiger partial charge in [-0.15, -0.1) is 0 Å². The van der Waals surface area contributed by atoms with Crippen LogP contribution in [0.25, 0.3) is 0 Å². The molecule has 0 aromatic heterocycles. The summed E-state index contributed by atoms with van der Waals surface area (Å²) >= 11 is 0. The van der Waals surface area contributed by atoms with Gasteiger partial charge in [-0.25, -0.2) is 0 Å². The van der Waals surface area contributed by atoms with Crippen LogP contribution >= 0.6 is 0 Å². The van der Waals surface area contributed by atoms with Crippen LogP contribution in [-0.2, 0) is 17.6 Å². The third kappa shape index (κ3) is 3.53. The second kappa shape index (κ2) is 6.78. The van der Waals surface area contributed by atoms with Gasteiger partial charge in [0.15, 0.2) is 6.10 Å². The Kier molecular flexibility index (Phi) is 5.05. The second-order valence-electron chi connectivity index (χ2n) is 5.68. The molecule has 0 heterocycles. The fraction of sp³-hybridized carbons (Fsp3) is 0.588. The largest absolute Gasteiger partial charge is 0.481 e. The lowest BCUT2D eigenvalue weighted by Crippen LogP contribution is -2.41. The highest BCUT2D eigenvalue weighted by Gasteiger charge is 2.19. The minimum Gasteiger partial charge on any atom is -0.481 e. The lowest BCUT2D eigenvalue weighted by molar-refractivity contribution is -0.127. The van der Waals surface area contributed by atoms with Crippen LogP contribution in [-0.4, -0.2) is 18.1 Å². The SMILES string of the molecule is CC[C@H](C)NC(=O)[C@@H](C)Oc1cccc2c1CCCC2. The van der Waals surface area contributed by atoms with Crippen molar-refractivity contribution in [3.8, 4) is 5.75 Å². The van der Waals surface area contributed by atoms with Crippen molar-refractivity contribution in [2.24, 2.45) is 0 Å². The summed E-state index contributed by atoms with van der Waals surface area (Å²) in [6.07, 6.45) is 5.13. The molecule has 0 fully saturated rings. The van der Waals surface area contributed by atoms with E-state index >= 15 is 0 Å². The van der Waals surface area contributed by atoms with E-state index in [0.29, 0.717) is 0 Å². The van der Waals surface area contributed by atoms with Crippen molar-refractivity contribution >= 4 is 5.91 Å². The number of rotatable bonds is 5. The molecule has 3 heteroatoms. The predicted molar refractivity (Wildman–Crippen MR) is 81.1 cm³/mol. The zero-order chi connectivity index (χ0) is 14.5. The molecule has 110 valence electrons. The van der Waals surface area contributed by atoms with E-state index in [2.05, 4.69) is 18.3 Å². The number of hydrogen-bond acceptors (Lipinski definition) is 2. The standard InChI is InChI=1S/C17H25NO2/c1-4-12(2)18-17(19)13(3)20-16-11-7-9-14-8-5-6-10-15(14)16/h7,9,11-13H,4-6,8,10H2,1-3H3,(H,18,19)/t12-,13+/m0/s1. The Morgan fingerprint density at radius 2 is 2.05 bits per heavy atom. The highest BCUT2D eigenvalue weighted by molar-refractivity contribution is 5.81. The van der Waals surface area contributed by atoms with Crippen molar-refractivity contribution in [2.45, 2.75) is 65.0 Å². The lowest BCUT2D eigenvalue weighted by atomic mass is 9.91. The van der Waals surface area contributed by atoms with E-state index in [1.165, 1.54) is 24.0 Å². The molecule has 1 aliphatic carbocycles. The van der Waals surface area contributed by atoms with E-state index in [0.717, 1.165) is 25.0 Å². The Morgan fingerprint density at radius 3 is 2.80 bits per heavy atom. The van der Waals surface area contributed by atoms with Gasteiger partial charge < -0.3 is 10.1 Å². The Morgan fingerprint density at radius 1 is 1.30 bits per heavy atom. The number of carbonyl (C=O) groups is 1. The average Bonchev–Trinajstić information content (AvgIpc) is 2.47. The summed E-state index contributed by atoms with van der Waals surface area (Å²) in [6, 6.07) is 6.37. The molecule has 2 atom stereocenters. The van der Waals surface area contributed by atoms with Crippen molar-refractivity contribution < 1.29 is 9.53 Å². The monoisotopic (exact) mass is 275 g/mol. The summed E-state index contributed by atoms with van der Waals surface area (Å²) in [4.78, 5) is 12.0. The van der Waals surface area contributed by atoms with Gasteiger partial charge in [-0.1, -0.05) is 19.1 Å². The minimum atomic E-state index is -0.447. The molecule has 20 heavy (non-hydrogen) atoms. The molecule has 0 bridgehead atoms. The number of carbonyl (C=O) groups excluding carboxylic acids is 1.